The summed E-state index contributed by atoms with van der Waals surface area (Å²) in [5.41, 5.74) is 0.471. The molecule has 0 saturated carbocycles. The highest BCUT2D eigenvalue weighted by atomic mass is 32.1. The van der Waals surface area contributed by atoms with Gasteiger partial charge in [-0.15, -0.1) is 0 Å². The summed E-state index contributed by atoms with van der Waals surface area (Å²) in [4.78, 5) is 0. The molecule has 2 nitrogen and oxygen atoms in total. The van der Waals surface area contributed by atoms with Crippen molar-refractivity contribution < 1.29 is 8.85 Å². The summed E-state index contributed by atoms with van der Waals surface area (Å²) in [5.74, 6) is 0. The van der Waals surface area contributed by atoms with Gasteiger partial charge in [-0.05, 0) is 6.42 Å². The van der Waals surface area contributed by atoms with Crippen LogP contribution in [0.25, 0.3) is 0 Å². The first-order valence-corrected chi connectivity index (χ1v) is 6.03. The van der Waals surface area contributed by atoms with E-state index in [4.69, 9.17) is 8.85 Å². The monoisotopic (exact) mass is 194 g/mol. The maximum atomic E-state index is 5.25. The molecular weight excluding hydrogens is 176 g/mol. The van der Waals surface area contributed by atoms with E-state index >= 15 is 0 Å². The lowest BCUT2D eigenvalue weighted by molar-refractivity contribution is 0.266. The second-order valence-corrected chi connectivity index (χ2v) is 6.07. The third-order valence-electron chi connectivity index (χ3n) is 1.92. The largest absolute Gasteiger partial charge is 0.400 e. The molecule has 0 fully saturated rings. The number of hydrogen-bond donors (Lipinski definition) is 1. The molecule has 0 heterocycles. The Morgan fingerprint density at radius 1 is 1.36 bits per heavy atom. The predicted octanol–water partition coefficient (Wildman–Crippen LogP) is 1.60. The van der Waals surface area contributed by atoms with Crippen LogP contribution >= 0.6 is 12.6 Å². The molecule has 0 N–H and O–H groups in total. The van der Waals surface area contributed by atoms with Crippen LogP contribution < -0.4 is 0 Å². The van der Waals surface area contributed by atoms with Gasteiger partial charge in [0.05, 0.1) is 0 Å². The van der Waals surface area contributed by atoms with Crippen LogP contribution in [0.3, 0.4) is 0 Å². The first-order valence-electron chi connectivity index (χ1n) is 3.91. The fraction of sp³-hybridized carbons (Fsp3) is 1.00. The Morgan fingerprint density at radius 3 is 2.09 bits per heavy atom. The molecule has 0 rings (SSSR count). The lowest BCUT2D eigenvalue weighted by atomic mass is 10.2. The average Bonchev–Trinajstić information content (AvgIpc) is 2.05. The van der Waals surface area contributed by atoms with Crippen molar-refractivity contribution in [2.75, 3.05) is 14.2 Å². The van der Waals surface area contributed by atoms with Gasteiger partial charge in [-0.3, -0.25) is 0 Å². The molecule has 4 heteroatoms. The molecule has 68 valence electrons. The van der Waals surface area contributed by atoms with E-state index in [1.807, 2.05) is 0 Å². The molecular formula is C7H18O2SSi. The fourth-order valence-corrected chi connectivity index (χ4v) is 3.19. The van der Waals surface area contributed by atoms with Crippen molar-refractivity contribution in [3.63, 3.8) is 0 Å². The summed E-state index contributed by atoms with van der Waals surface area (Å²) in [6, 6.07) is 0. The lowest BCUT2D eigenvalue weighted by Crippen LogP contribution is -2.29. The molecule has 2 unspecified atom stereocenters. The quantitative estimate of drug-likeness (QED) is 0.529. The number of rotatable bonds is 5. The number of thiol groups is 1. The van der Waals surface area contributed by atoms with E-state index in [0.29, 0.717) is 10.8 Å². The second-order valence-electron chi connectivity index (χ2n) is 2.67. The summed E-state index contributed by atoms with van der Waals surface area (Å²) in [7, 11) is 1.99. The van der Waals surface area contributed by atoms with Gasteiger partial charge in [0, 0.05) is 25.0 Å². The maximum Gasteiger partial charge on any atom is 0.324 e. The van der Waals surface area contributed by atoms with Gasteiger partial charge in [0.2, 0.25) is 0 Å². The molecule has 0 radical (unpaired) electrons. The zero-order valence-electron chi connectivity index (χ0n) is 7.70. The Hall–Kier alpha value is 0.487. The van der Waals surface area contributed by atoms with Gasteiger partial charge in [-0.2, -0.15) is 12.6 Å². The van der Waals surface area contributed by atoms with Crippen molar-refractivity contribution in [1.29, 1.82) is 0 Å². The minimum absolute atomic E-state index is 0.409. The SMILES string of the molecule is CCC(S)C(C)[SiH](OC)OC. The van der Waals surface area contributed by atoms with Crippen LogP contribution in [0.1, 0.15) is 20.3 Å². The molecule has 2 atom stereocenters. The Bertz CT molecular complexity index is 98.4. The van der Waals surface area contributed by atoms with Crippen molar-refractivity contribution in [2.24, 2.45) is 0 Å². The normalized spacial score (nSPS) is 16.9. The topological polar surface area (TPSA) is 18.5 Å². The van der Waals surface area contributed by atoms with E-state index in [9.17, 15) is 0 Å². The highest BCUT2D eigenvalue weighted by molar-refractivity contribution is 7.81. The molecule has 0 aliphatic carbocycles. The molecule has 0 aliphatic rings. The van der Waals surface area contributed by atoms with Gasteiger partial charge >= 0.3 is 9.28 Å². The van der Waals surface area contributed by atoms with E-state index in [2.05, 4.69) is 26.5 Å². The molecule has 11 heavy (non-hydrogen) atoms. The van der Waals surface area contributed by atoms with Gasteiger partial charge in [-0.1, -0.05) is 13.8 Å². The highest BCUT2D eigenvalue weighted by Gasteiger charge is 2.24. The second kappa shape index (κ2) is 6.05. The van der Waals surface area contributed by atoms with Gasteiger partial charge in [0.25, 0.3) is 0 Å². The van der Waals surface area contributed by atoms with Crippen LogP contribution in [0.2, 0.25) is 5.54 Å². The highest BCUT2D eigenvalue weighted by Crippen LogP contribution is 2.22. The molecule has 0 aliphatic heterocycles. The fourth-order valence-electron chi connectivity index (χ4n) is 1.08. The molecule has 0 aromatic heterocycles. The van der Waals surface area contributed by atoms with E-state index < -0.39 is 9.28 Å². The van der Waals surface area contributed by atoms with Crippen molar-refractivity contribution in [3.8, 4) is 0 Å². The van der Waals surface area contributed by atoms with Crippen LogP contribution in [-0.2, 0) is 8.85 Å². The van der Waals surface area contributed by atoms with Gasteiger partial charge in [0.1, 0.15) is 0 Å². The zero-order valence-corrected chi connectivity index (χ0v) is 9.75. The van der Waals surface area contributed by atoms with Gasteiger partial charge < -0.3 is 8.85 Å². The minimum atomic E-state index is -1.44. The smallest absolute Gasteiger partial charge is 0.324 e. The molecule has 0 spiro atoms. The van der Waals surface area contributed by atoms with Crippen molar-refractivity contribution >= 4 is 21.9 Å². The molecule has 0 saturated heterocycles. The van der Waals surface area contributed by atoms with Crippen LogP contribution in [-0.4, -0.2) is 28.8 Å². The van der Waals surface area contributed by atoms with Crippen LogP contribution in [0.4, 0.5) is 0 Å². The minimum Gasteiger partial charge on any atom is -0.400 e. The molecule has 0 aromatic rings. The van der Waals surface area contributed by atoms with E-state index in [1.54, 1.807) is 14.2 Å². The van der Waals surface area contributed by atoms with Crippen molar-refractivity contribution in [1.82, 2.24) is 0 Å². The Kier molecular flexibility index (Phi) is 6.32. The molecule has 0 bridgehead atoms. The van der Waals surface area contributed by atoms with Crippen LogP contribution in [0, 0.1) is 0 Å². The summed E-state index contributed by atoms with van der Waals surface area (Å²) >= 11 is 4.45. The third-order valence-corrected chi connectivity index (χ3v) is 5.33. The standard InChI is InChI=1S/C7H18O2SSi/c1-5-7(10)6(2)11(8-3)9-4/h6-7,10-11H,5H2,1-4H3. The summed E-state index contributed by atoms with van der Waals surface area (Å²) in [6.45, 7) is 4.27. The zero-order chi connectivity index (χ0) is 8.85. The molecule has 0 amide bonds. The summed E-state index contributed by atoms with van der Waals surface area (Å²) in [6.07, 6.45) is 1.07. The summed E-state index contributed by atoms with van der Waals surface area (Å²) in [5, 5.41) is 0.409. The van der Waals surface area contributed by atoms with Crippen LogP contribution in [0.15, 0.2) is 0 Å². The Morgan fingerprint density at radius 2 is 1.82 bits per heavy atom. The first-order chi connectivity index (χ1) is 5.17. The third kappa shape index (κ3) is 3.60. The van der Waals surface area contributed by atoms with E-state index in [-0.39, 0.29) is 0 Å². The Balaban J connectivity index is 3.86. The van der Waals surface area contributed by atoms with Gasteiger partial charge in [0.15, 0.2) is 0 Å². The lowest BCUT2D eigenvalue weighted by Gasteiger charge is -2.22. The Labute approximate surface area is 76.5 Å². The van der Waals surface area contributed by atoms with Crippen LogP contribution in [0.5, 0.6) is 0 Å². The van der Waals surface area contributed by atoms with Gasteiger partial charge in [-0.25, -0.2) is 0 Å². The first kappa shape index (κ1) is 11.5. The van der Waals surface area contributed by atoms with E-state index in [1.165, 1.54) is 0 Å². The maximum absolute atomic E-state index is 5.25. The average molecular weight is 194 g/mol. The van der Waals surface area contributed by atoms with E-state index in [0.717, 1.165) is 6.42 Å². The van der Waals surface area contributed by atoms with Crippen molar-refractivity contribution in [3.05, 3.63) is 0 Å². The predicted molar refractivity (Wildman–Crippen MR) is 53.7 cm³/mol. The summed E-state index contributed by atoms with van der Waals surface area (Å²) < 4.78 is 10.5. The van der Waals surface area contributed by atoms with Crippen molar-refractivity contribution in [2.45, 2.75) is 31.1 Å². The number of hydrogen-bond acceptors (Lipinski definition) is 3. The molecule has 0 aromatic carbocycles.